The van der Waals surface area contributed by atoms with Crippen molar-refractivity contribution < 1.29 is 14.2 Å². The molecule has 0 atom stereocenters. The maximum Gasteiger partial charge on any atom is 0.130 e. The van der Waals surface area contributed by atoms with Crippen LogP contribution in [0.3, 0.4) is 0 Å². The fourth-order valence-electron chi connectivity index (χ4n) is 1.61. The zero-order valence-corrected chi connectivity index (χ0v) is 9.60. The van der Waals surface area contributed by atoms with Gasteiger partial charge in [-0.1, -0.05) is 13.8 Å². The van der Waals surface area contributed by atoms with Gasteiger partial charge < -0.3 is 9.84 Å². The molecular formula is C12H17FO2. The first-order valence-corrected chi connectivity index (χ1v) is 4.88. The Labute approximate surface area is 89.7 Å². The lowest BCUT2D eigenvalue weighted by Crippen LogP contribution is -2.24. The predicted octanol–water partition coefficient (Wildman–Crippen LogP) is 2.41. The number of hydrogen-bond acceptors (Lipinski definition) is 2. The van der Waals surface area contributed by atoms with Crippen LogP contribution in [0.2, 0.25) is 0 Å². The Hall–Kier alpha value is -1.09. The van der Waals surface area contributed by atoms with Gasteiger partial charge in [-0.3, -0.25) is 0 Å². The maximum absolute atomic E-state index is 13.8. The van der Waals surface area contributed by atoms with Crippen molar-refractivity contribution in [3.8, 4) is 5.75 Å². The molecular weight excluding hydrogens is 195 g/mol. The lowest BCUT2D eigenvalue weighted by molar-refractivity contribution is 0.211. The van der Waals surface area contributed by atoms with Gasteiger partial charge in [-0.15, -0.1) is 0 Å². The SMILES string of the molecule is COc1cc(C)cc(F)c1C(C)(C)CO. The Balaban J connectivity index is 3.39. The molecule has 1 N–H and O–H groups in total. The molecule has 15 heavy (non-hydrogen) atoms. The molecule has 0 heterocycles. The van der Waals surface area contributed by atoms with Crippen molar-refractivity contribution in [2.75, 3.05) is 13.7 Å². The highest BCUT2D eigenvalue weighted by Crippen LogP contribution is 2.34. The minimum atomic E-state index is -0.636. The quantitative estimate of drug-likeness (QED) is 0.833. The van der Waals surface area contributed by atoms with Crippen LogP contribution in [0, 0.1) is 12.7 Å². The van der Waals surface area contributed by atoms with E-state index in [4.69, 9.17) is 4.74 Å². The lowest BCUT2D eigenvalue weighted by atomic mass is 9.84. The largest absolute Gasteiger partial charge is 0.496 e. The molecule has 84 valence electrons. The molecule has 0 unspecified atom stereocenters. The number of aryl methyl sites for hydroxylation is 1. The molecule has 2 nitrogen and oxygen atoms in total. The molecule has 0 aliphatic heterocycles. The van der Waals surface area contributed by atoms with Gasteiger partial charge in [-0.05, 0) is 24.6 Å². The van der Waals surface area contributed by atoms with Crippen LogP contribution in [0.5, 0.6) is 5.75 Å². The smallest absolute Gasteiger partial charge is 0.130 e. The topological polar surface area (TPSA) is 29.5 Å². The fourth-order valence-corrected chi connectivity index (χ4v) is 1.61. The molecule has 0 aromatic heterocycles. The van der Waals surface area contributed by atoms with Crippen LogP contribution in [0.25, 0.3) is 0 Å². The minimum Gasteiger partial charge on any atom is -0.496 e. The first-order chi connectivity index (χ1) is 6.92. The number of ether oxygens (including phenoxy) is 1. The number of aliphatic hydroxyl groups is 1. The summed E-state index contributed by atoms with van der Waals surface area (Å²) in [6.07, 6.45) is 0. The van der Waals surface area contributed by atoms with Crippen LogP contribution in [-0.2, 0) is 5.41 Å². The Kier molecular flexibility index (Phi) is 3.35. The van der Waals surface area contributed by atoms with E-state index in [-0.39, 0.29) is 12.4 Å². The summed E-state index contributed by atoms with van der Waals surface area (Å²) >= 11 is 0. The van der Waals surface area contributed by atoms with E-state index in [1.807, 2.05) is 0 Å². The van der Waals surface area contributed by atoms with Crippen LogP contribution >= 0.6 is 0 Å². The van der Waals surface area contributed by atoms with E-state index in [1.54, 1.807) is 26.8 Å². The molecule has 0 spiro atoms. The maximum atomic E-state index is 13.8. The van der Waals surface area contributed by atoms with Crippen molar-refractivity contribution in [1.29, 1.82) is 0 Å². The Bertz CT molecular complexity index is 359. The molecule has 1 aromatic rings. The third kappa shape index (κ3) is 2.29. The summed E-state index contributed by atoms with van der Waals surface area (Å²) in [5.41, 5.74) is 0.600. The summed E-state index contributed by atoms with van der Waals surface area (Å²) in [6.45, 7) is 5.25. The van der Waals surface area contributed by atoms with E-state index < -0.39 is 5.41 Å². The highest BCUT2D eigenvalue weighted by molar-refractivity contribution is 5.43. The van der Waals surface area contributed by atoms with Crippen molar-refractivity contribution >= 4 is 0 Å². The van der Waals surface area contributed by atoms with Gasteiger partial charge in [-0.2, -0.15) is 0 Å². The number of benzene rings is 1. The molecule has 0 saturated carbocycles. The standard InChI is InChI=1S/C12H17FO2/c1-8-5-9(13)11(10(6-8)15-4)12(2,3)7-14/h5-6,14H,7H2,1-4H3. The zero-order chi connectivity index (χ0) is 11.6. The predicted molar refractivity (Wildman–Crippen MR) is 57.8 cm³/mol. The fraction of sp³-hybridized carbons (Fsp3) is 0.500. The Morgan fingerprint density at radius 1 is 1.40 bits per heavy atom. The Morgan fingerprint density at radius 2 is 2.00 bits per heavy atom. The van der Waals surface area contributed by atoms with E-state index in [1.165, 1.54) is 13.2 Å². The summed E-state index contributed by atoms with van der Waals surface area (Å²) < 4.78 is 18.9. The zero-order valence-electron chi connectivity index (χ0n) is 9.60. The molecule has 0 bridgehead atoms. The van der Waals surface area contributed by atoms with Crippen LogP contribution in [-0.4, -0.2) is 18.8 Å². The summed E-state index contributed by atoms with van der Waals surface area (Å²) in [6, 6.07) is 3.23. The van der Waals surface area contributed by atoms with Gasteiger partial charge in [-0.25, -0.2) is 4.39 Å². The summed E-state index contributed by atoms with van der Waals surface area (Å²) in [4.78, 5) is 0. The monoisotopic (exact) mass is 212 g/mol. The summed E-state index contributed by atoms with van der Waals surface area (Å²) in [5, 5.41) is 9.24. The second kappa shape index (κ2) is 4.19. The average molecular weight is 212 g/mol. The van der Waals surface area contributed by atoms with Gasteiger partial charge in [0, 0.05) is 11.0 Å². The summed E-state index contributed by atoms with van der Waals surface area (Å²) in [5.74, 6) is 0.164. The van der Waals surface area contributed by atoms with Gasteiger partial charge in [0.1, 0.15) is 11.6 Å². The molecule has 0 radical (unpaired) electrons. The molecule has 1 rings (SSSR count). The lowest BCUT2D eigenvalue weighted by Gasteiger charge is -2.25. The minimum absolute atomic E-state index is 0.122. The second-order valence-electron chi connectivity index (χ2n) is 4.37. The van der Waals surface area contributed by atoms with Crippen molar-refractivity contribution in [2.45, 2.75) is 26.2 Å². The average Bonchev–Trinajstić information content (AvgIpc) is 2.15. The second-order valence-corrected chi connectivity index (χ2v) is 4.37. The molecule has 0 saturated heterocycles. The first-order valence-electron chi connectivity index (χ1n) is 4.88. The number of halogens is 1. The number of methoxy groups -OCH3 is 1. The number of aliphatic hydroxyl groups excluding tert-OH is 1. The third-order valence-electron chi connectivity index (χ3n) is 2.49. The van der Waals surface area contributed by atoms with E-state index >= 15 is 0 Å². The van der Waals surface area contributed by atoms with Crippen LogP contribution < -0.4 is 4.74 Å². The van der Waals surface area contributed by atoms with E-state index in [9.17, 15) is 9.50 Å². The van der Waals surface area contributed by atoms with Crippen molar-refractivity contribution in [3.05, 3.63) is 29.1 Å². The highest BCUT2D eigenvalue weighted by Gasteiger charge is 2.27. The third-order valence-corrected chi connectivity index (χ3v) is 2.49. The Morgan fingerprint density at radius 3 is 2.47 bits per heavy atom. The highest BCUT2D eigenvalue weighted by atomic mass is 19.1. The van der Waals surface area contributed by atoms with Gasteiger partial charge in [0.25, 0.3) is 0 Å². The van der Waals surface area contributed by atoms with Crippen molar-refractivity contribution in [2.24, 2.45) is 0 Å². The van der Waals surface area contributed by atoms with Crippen LogP contribution in [0.1, 0.15) is 25.0 Å². The van der Waals surface area contributed by atoms with Gasteiger partial charge in [0.05, 0.1) is 13.7 Å². The number of rotatable bonds is 3. The molecule has 0 aliphatic rings. The molecule has 1 aromatic carbocycles. The number of hydrogen-bond donors (Lipinski definition) is 1. The van der Waals surface area contributed by atoms with Gasteiger partial charge in [0.2, 0.25) is 0 Å². The van der Waals surface area contributed by atoms with Crippen LogP contribution in [0.4, 0.5) is 4.39 Å². The molecule has 0 aliphatic carbocycles. The normalized spacial score (nSPS) is 11.6. The molecule has 0 amide bonds. The van der Waals surface area contributed by atoms with Gasteiger partial charge >= 0.3 is 0 Å². The van der Waals surface area contributed by atoms with E-state index in [0.29, 0.717) is 11.3 Å². The van der Waals surface area contributed by atoms with Crippen molar-refractivity contribution in [3.63, 3.8) is 0 Å². The summed E-state index contributed by atoms with van der Waals surface area (Å²) in [7, 11) is 1.51. The van der Waals surface area contributed by atoms with Gasteiger partial charge in [0.15, 0.2) is 0 Å². The van der Waals surface area contributed by atoms with Crippen molar-refractivity contribution in [1.82, 2.24) is 0 Å². The molecule has 0 fully saturated rings. The first kappa shape index (κ1) is 12.0. The van der Waals surface area contributed by atoms with E-state index in [2.05, 4.69) is 0 Å². The van der Waals surface area contributed by atoms with Crippen LogP contribution in [0.15, 0.2) is 12.1 Å². The molecule has 3 heteroatoms. The van der Waals surface area contributed by atoms with E-state index in [0.717, 1.165) is 5.56 Å².